The molecule has 1 heteroatoms. The molecule has 0 atom stereocenters. The zero-order valence-electron chi connectivity index (χ0n) is 8.52. The smallest absolute Gasteiger partial charge is 0.140 e. The summed E-state index contributed by atoms with van der Waals surface area (Å²) in [5.74, 6) is 1.05. The van der Waals surface area contributed by atoms with Gasteiger partial charge in [-0.2, -0.15) is 0 Å². The van der Waals surface area contributed by atoms with Gasteiger partial charge in [0.2, 0.25) is 0 Å². The second kappa shape index (κ2) is 5.11. The van der Waals surface area contributed by atoms with Gasteiger partial charge in [-0.15, -0.1) is 0 Å². The number of hydrogen-bond acceptors (Lipinski definition) is 1. The van der Waals surface area contributed by atoms with Crippen LogP contribution in [0.1, 0.15) is 12.0 Å². The predicted octanol–water partition coefficient (Wildman–Crippen LogP) is 2.59. The molecule has 0 bridgehead atoms. The van der Waals surface area contributed by atoms with E-state index in [2.05, 4.69) is 12.1 Å². The number of benzene rings is 1. The van der Waals surface area contributed by atoms with Crippen LogP contribution < -0.4 is 0 Å². The van der Waals surface area contributed by atoms with Crippen LogP contribution in [-0.2, 0) is 11.2 Å². The van der Waals surface area contributed by atoms with Gasteiger partial charge >= 0.3 is 0 Å². The highest BCUT2D eigenvalue weighted by Gasteiger charge is 2.23. The van der Waals surface area contributed by atoms with Crippen molar-refractivity contribution in [1.29, 1.82) is 0 Å². The number of carbonyl (C=O) groups is 1. The van der Waals surface area contributed by atoms with E-state index in [1.165, 1.54) is 5.56 Å². The van der Waals surface area contributed by atoms with Crippen LogP contribution in [0.4, 0.5) is 0 Å². The van der Waals surface area contributed by atoms with Gasteiger partial charge < -0.3 is 0 Å². The van der Waals surface area contributed by atoms with Crippen LogP contribution in [0.5, 0.6) is 0 Å². The fraction of sp³-hybridized carbons (Fsp3) is 0.143. The number of ketones is 1. The van der Waals surface area contributed by atoms with Gasteiger partial charge in [0.25, 0.3) is 0 Å². The molecular formula is C14H13O. The van der Waals surface area contributed by atoms with Crippen LogP contribution in [0, 0.1) is 31.6 Å². The van der Waals surface area contributed by atoms with Crippen LogP contribution in [0.15, 0.2) is 30.3 Å². The average molecular weight is 197 g/mol. The predicted molar refractivity (Wildman–Crippen MR) is 60.2 cm³/mol. The second-order valence-corrected chi connectivity index (χ2v) is 3.58. The maximum atomic E-state index is 11.7. The molecule has 15 heavy (non-hydrogen) atoms. The summed E-state index contributed by atoms with van der Waals surface area (Å²) < 4.78 is 0. The molecule has 5 radical (unpaired) electrons. The first-order valence-corrected chi connectivity index (χ1v) is 5.15. The molecule has 0 unspecified atom stereocenters. The minimum atomic E-state index is 0.226. The second-order valence-electron chi connectivity index (χ2n) is 3.58. The molecule has 0 aliphatic heterocycles. The molecule has 1 aliphatic carbocycles. The standard InChI is InChI=1S/C14H13O/c15-14(13-8-4-5-9-13)11-10-12-6-2-1-3-7-12/h1-9H,10-11H2. The first-order valence-electron chi connectivity index (χ1n) is 5.15. The molecule has 0 aromatic heterocycles. The van der Waals surface area contributed by atoms with E-state index in [0.29, 0.717) is 6.42 Å². The molecule has 1 fully saturated rings. The van der Waals surface area contributed by atoms with Gasteiger partial charge in [-0.05, 0) is 37.7 Å². The molecule has 1 aromatic carbocycles. The first-order chi connectivity index (χ1) is 7.36. The zero-order valence-corrected chi connectivity index (χ0v) is 8.52. The highest BCUT2D eigenvalue weighted by molar-refractivity contribution is 5.97. The van der Waals surface area contributed by atoms with Gasteiger partial charge in [0.1, 0.15) is 5.78 Å². The normalized spacial score (nSPS) is 16.8. The largest absolute Gasteiger partial charge is 0.299 e. The van der Waals surface area contributed by atoms with Crippen molar-refractivity contribution in [2.75, 3.05) is 0 Å². The Balaban J connectivity index is 1.80. The Kier molecular flexibility index (Phi) is 3.54. The van der Waals surface area contributed by atoms with Gasteiger partial charge in [-0.1, -0.05) is 30.3 Å². The number of aryl methyl sites for hydroxylation is 1. The lowest BCUT2D eigenvalue weighted by atomic mass is 9.97. The van der Waals surface area contributed by atoms with Crippen molar-refractivity contribution < 1.29 is 4.79 Å². The summed E-state index contributed by atoms with van der Waals surface area (Å²) in [6, 6.07) is 10.1. The van der Waals surface area contributed by atoms with Crippen molar-refractivity contribution in [2.45, 2.75) is 12.8 Å². The SMILES string of the molecule is O=C(CCc1ccccc1)[C]1[CH][CH][CH][CH]1. The zero-order chi connectivity index (χ0) is 10.5. The van der Waals surface area contributed by atoms with E-state index >= 15 is 0 Å². The minimum absolute atomic E-state index is 0.226. The lowest BCUT2D eigenvalue weighted by molar-refractivity contribution is -0.116. The van der Waals surface area contributed by atoms with Crippen LogP contribution >= 0.6 is 0 Å². The molecule has 1 aromatic rings. The maximum Gasteiger partial charge on any atom is 0.140 e. The molecule has 0 N–H and O–H groups in total. The third-order valence-corrected chi connectivity index (χ3v) is 2.47. The summed E-state index contributed by atoms with van der Waals surface area (Å²) in [6.07, 6.45) is 8.95. The maximum absolute atomic E-state index is 11.7. The summed E-state index contributed by atoms with van der Waals surface area (Å²) in [7, 11) is 0. The van der Waals surface area contributed by atoms with E-state index in [4.69, 9.17) is 0 Å². The Labute approximate surface area is 91.5 Å². The number of hydrogen-bond donors (Lipinski definition) is 0. The molecule has 75 valence electrons. The third kappa shape index (κ3) is 2.92. The van der Waals surface area contributed by atoms with Crippen molar-refractivity contribution in [3.05, 3.63) is 67.5 Å². The first kappa shape index (κ1) is 10.4. The van der Waals surface area contributed by atoms with Crippen LogP contribution in [0.2, 0.25) is 0 Å². The van der Waals surface area contributed by atoms with E-state index in [0.717, 1.165) is 12.3 Å². The van der Waals surface area contributed by atoms with Crippen molar-refractivity contribution in [1.82, 2.24) is 0 Å². The highest BCUT2D eigenvalue weighted by atomic mass is 16.1. The lowest BCUT2D eigenvalue weighted by Gasteiger charge is -2.06. The third-order valence-electron chi connectivity index (χ3n) is 2.47. The van der Waals surface area contributed by atoms with Crippen molar-refractivity contribution in [3.63, 3.8) is 0 Å². The molecule has 1 aliphatic rings. The Hall–Kier alpha value is -1.11. The number of rotatable bonds is 4. The van der Waals surface area contributed by atoms with E-state index in [1.54, 1.807) is 0 Å². The fourth-order valence-electron chi connectivity index (χ4n) is 1.61. The van der Waals surface area contributed by atoms with E-state index in [-0.39, 0.29) is 5.78 Å². The fourth-order valence-corrected chi connectivity index (χ4v) is 1.61. The van der Waals surface area contributed by atoms with Crippen LogP contribution in [-0.4, -0.2) is 5.78 Å². The summed E-state index contributed by atoms with van der Waals surface area (Å²) in [5, 5.41) is 0. The van der Waals surface area contributed by atoms with E-state index < -0.39 is 0 Å². The number of Topliss-reactive ketones (excluding diaryl/α,β-unsaturated/α-hetero) is 1. The summed E-state index contributed by atoms with van der Waals surface area (Å²) in [5.41, 5.74) is 1.22. The van der Waals surface area contributed by atoms with Crippen molar-refractivity contribution in [3.8, 4) is 0 Å². The quantitative estimate of drug-likeness (QED) is 0.725. The van der Waals surface area contributed by atoms with Crippen LogP contribution in [0.3, 0.4) is 0 Å². The molecular weight excluding hydrogens is 184 g/mol. The molecule has 0 amide bonds. The minimum Gasteiger partial charge on any atom is -0.299 e. The van der Waals surface area contributed by atoms with Crippen LogP contribution in [0.25, 0.3) is 0 Å². The van der Waals surface area contributed by atoms with Crippen molar-refractivity contribution >= 4 is 5.78 Å². The molecule has 1 saturated carbocycles. The van der Waals surface area contributed by atoms with Gasteiger partial charge in [-0.3, -0.25) is 4.79 Å². The Bertz CT molecular complexity index is 309. The molecule has 2 rings (SSSR count). The number of carbonyl (C=O) groups excluding carboxylic acids is 1. The van der Waals surface area contributed by atoms with E-state index in [1.807, 2.05) is 43.9 Å². The lowest BCUT2D eigenvalue weighted by Crippen LogP contribution is -2.10. The van der Waals surface area contributed by atoms with Gasteiger partial charge in [0, 0.05) is 12.3 Å². The Morgan fingerprint density at radius 2 is 1.67 bits per heavy atom. The monoisotopic (exact) mass is 197 g/mol. The Morgan fingerprint density at radius 1 is 1.00 bits per heavy atom. The summed E-state index contributed by atoms with van der Waals surface area (Å²) in [4.78, 5) is 11.7. The summed E-state index contributed by atoms with van der Waals surface area (Å²) >= 11 is 0. The van der Waals surface area contributed by atoms with Gasteiger partial charge in [-0.25, -0.2) is 0 Å². The van der Waals surface area contributed by atoms with Gasteiger partial charge in [0.15, 0.2) is 0 Å². The van der Waals surface area contributed by atoms with Gasteiger partial charge in [0.05, 0.1) is 0 Å². The van der Waals surface area contributed by atoms with Crippen molar-refractivity contribution in [2.24, 2.45) is 0 Å². The van der Waals surface area contributed by atoms with E-state index in [9.17, 15) is 4.79 Å². The molecule has 0 spiro atoms. The molecule has 0 saturated heterocycles. The molecule has 1 nitrogen and oxygen atoms in total. The highest BCUT2D eigenvalue weighted by Crippen LogP contribution is 2.25. The average Bonchev–Trinajstić information content (AvgIpc) is 2.81. The molecule has 0 heterocycles. The Morgan fingerprint density at radius 3 is 2.33 bits per heavy atom. The topological polar surface area (TPSA) is 17.1 Å². The summed E-state index contributed by atoms with van der Waals surface area (Å²) in [6.45, 7) is 0.